The number of aliphatic carboxylic acids is 1. The van der Waals surface area contributed by atoms with Crippen LogP contribution in [-0.4, -0.2) is 16.9 Å². The second-order valence-corrected chi connectivity index (χ2v) is 7.55. The molecule has 1 aromatic rings. The first-order valence-electron chi connectivity index (χ1n) is 8.00. The maximum Gasteiger partial charge on any atom is 0.314 e. The Balaban J connectivity index is 1.76. The van der Waals surface area contributed by atoms with Crippen LogP contribution in [0.4, 0.5) is 0 Å². The summed E-state index contributed by atoms with van der Waals surface area (Å²) in [7, 11) is 0. The fraction of sp³-hybridized carbons (Fsp3) is 0.588. The largest absolute Gasteiger partial charge is 0.481 e. The average Bonchev–Trinajstić information content (AvgIpc) is 2.86. The van der Waals surface area contributed by atoms with E-state index in [1.54, 1.807) is 0 Å². The van der Waals surface area contributed by atoms with E-state index in [1.165, 1.54) is 0 Å². The van der Waals surface area contributed by atoms with Gasteiger partial charge in [-0.3, -0.25) is 4.79 Å². The summed E-state index contributed by atoms with van der Waals surface area (Å²) in [6.07, 6.45) is 7.31. The van der Waals surface area contributed by atoms with Gasteiger partial charge in [0.05, 0.1) is 5.41 Å². The van der Waals surface area contributed by atoms with Crippen LogP contribution in [0, 0.1) is 0 Å². The smallest absolute Gasteiger partial charge is 0.314 e. The minimum Gasteiger partial charge on any atom is -0.481 e. The Bertz CT molecular complexity index is 630. The molecule has 1 N–H and O–H groups in total. The Morgan fingerprint density at radius 2 is 1.64 bits per heavy atom. The summed E-state index contributed by atoms with van der Waals surface area (Å²) >= 11 is 3.57. The third kappa shape index (κ3) is 1.98. The number of hydrogen-bond donors (Lipinski definition) is 1. The highest BCUT2D eigenvalue weighted by molar-refractivity contribution is 9.10. The van der Waals surface area contributed by atoms with Crippen molar-refractivity contribution in [3.8, 4) is 11.5 Å². The fourth-order valence-corrected chi connectivity index (χ4v) is 4.61. The molecular weight excluding hydrogens is 348 g/mol. The van der Waals surface area contributed by atoms with Crippen LogP contribution in [0.1, 0.15) is 56.9 Å². The molecule has 0 amide bonds. The Hall–Kier alpha value is -1.23. The van der Waals surface area contributed by atoms with Crippen LogP contribution < -0.4 is 9.47 Å². The van der Waals surface area contributed by atoms with Crippen molar-refractivity contribution in [3.05, 3.63) is 22.2 Å². The van der Waals surface area contributed by atoms with Gasteiger partial charge in [0.15, 0.2) is 11.5 Å². The SMILES string of the molecule is O=C(O)C1(c2cc3c(cc2Br)OC2(CCC2)O3)CCCCC1. The molecule has 0 bridgehead atoms. The molecule has 4 rings (SSSR count). The lowest BCUT2D eigenvalue weighted by molar-refractivity contribution is -0.145. The van der Waals surface area contributed by atoms with Crippen molar-refractivity contribution in [2.24, 2.45) is 0 Å². The van der Waals surface area contributed by atoms with Gasteiger partial charge in [-0.2, -0.15) is 0 Å². The number of hydrogen-bond acceptors (Lipinski definition) is 3. The minimum atomic E-state index is -0.801. The average molecular weight is 367 g/mol. The van der Waals surface area contributed by atoms with Crippen LogP contribution in [0.15, 0.2) is 16.6 Å². The van der Waals surface area contributed by atoms with Crippen LogP contribution in [0.5, 0.6) is 11.5 Å². The van der Waals surface area contributed by atoms with Gasteiger partial charge in [0.1, 0.15) is 0 Å². The van der Waals surface area contributed by atoms with E-state index in [0.29, 0.717) is 18.6 Å². The standard InChI is InChI=1S/C17H19BrO4/c18-12-10-14-13(21-17(22-14)7-4-8-17)9-11(12)16(15(19)20)5-2-1-3-6-16/h9-10H,1-8H2,(H,19,20). The lowest BCUT2D eigenvalue weighted by Gasteiger charge is -2.35. The van der Waals surface area contributed by atoms with Gasteiger partial charge in [-0.15, -0.1) is 0 Å². The number of carbonyl (C=O) groups is 1. The number of halogens is 1. The van der Waals surface area contributed by atoms with E-state index in [4.69, 9.17) is 9.47 Å². The highest BCUT2D eigenvalue weighted by atomic mass is 79.9. The third-order valence-corrected chi connectivity index (χ3v) is 6.03. The lowest BCUT2D eigenvalue weighted by atomic mass is 9.69. The van der Waals surface area contributed by atoms with Crippen molar-refractivity contribution in [3.63, 3.8) is 0 Å². The normalized spacial score (nSPS) is 24.0. The predicted octanol–water partition coefficient (Wildman–Crippen LogP) is 4.39. The molecule has 0 radical (unpaired) electrons. The van der Waals surface area contributed by atoms with Crippen molar-refractivity contribution in [1.29, 1.82) is 0 Å². The molecule has 5 heteroatoms. The molecule has 0 saturated heterocycles. The molecule has 3 aliphatic rings. The molecule has 2 fully saturated rings. The molecule has 1 aromatic carbocycles. The Morgan fingerprint density at radius 1 is 1.00 bits per heavy atom. The highest BCUT2D eigenvalue weighted by Gasteiger charge is 2.49. The van der Waals surface area contributed by atoms with E-state index in [-0.39, 0.29) is 0 Å². The molecule has 2 aliphatic carbocycles. The molecule has 0 unspecified atom stereocenters. The van der Waals surface area contributed by atoms with E-state index in [1.807, 2.05) is 12.1 Å². The van der Waals surface area contributed by atoms with Crippen LogP contribution in [0.3, 0.4) is 0 Å². The van der Waals surface area contributed by atoms with Gasteiger partial charge < -0.3 is 14.6 Å². The highest BCUT2D eigenvalue weighted by Crippen LogP contribution is 2.52. The topological polar surface area (TPSA) is 55.8 Å². The quantitative estimate of drug-likeness (QED) is 0.843. The van der Waals surface area contributed by atoms with E-state index >= 15 is 0 Å². The molecule has 2 saturated carbocycles. The number of benzene rings is 1. The summed E-state index contributed by atoms with van der Waals surface area (Å²) in [4.78, 5) is 12.0. The fourth-order valence-electron chi connectivity index (χ4n) is 3.91. The van der Waals surface area contributed by atoms with Crippen molar-refractivity contribution in [1.82, 2.24) is 0 Å². The van der Waals surface area contributed by atoms with Crippen LogP contribution in [0.2, 0.25) is 0 Å². The van der Waals surface area contributed by atoms with Crippen molar-refractivity contribution < 1.29 is 19.4 Å². The first-order chi connectivity index (χ1) is 10.5. The summed E-state index contributed by atoms with van der Waals surface area (Å²) in [6, 6.07) is 3.78. The predicted molar refractivity (Wildman–Crippen MR) is 84.4 cm³/mol. The van der Waals surface area contributed by atoms with Crippen molar-refractivity contribution in [2.45, 2.75) is 62.6 Å². The second-order valence-electron chi connectivity index (χ2n) is 6.70. The first kappa shape index (κ1) is 14.4. The van der Waals surface area contributed by atoms with Crippen LogP contribution in [0.25, 0.3) is 0 Å². The molecular formula is C17H19BrO4. The van der Waals surface area contributed by atoms with Gasteiger partial charge >= 0.3 is 5.97 Å². The minimum absolute atomic E-state index is 0.483. The number of fused-ring (bicyclic) bond motifs is 1. The van der Waals surface area contributed by atoms with Gasteiger partial charge in [-0.25, -0.2) is 0 Å². The second kappa shape index (κ2) is 4.88. The maximum atomic E-state index is 12.0. The van der Waals surface area contributed by atoms with Gasteiger partial charge in [-0.05, 0) is 37.0 Å². The van der Waals surface area contributed by atoms with Crippen molar-refractivity contribution in [2.75, 3.05) is 0 Å². The number of ether oxygens (including phenoxy) is 2. The molecule has 4 nitrogen and oxygen atoms in total. The molecule has 22 heavy (non-hydrogen) atoms. The van der Waals surface area contributed by atoms with Gasteiger partial charge in [0.25, 0.3) is 5.79 Å². The zero-order chi connectivity index (χ0) is 15.4. The van der Waals surface area contributed by atoms with Gasteiger partial charge in [0.2, 0.25) is 0 Å². The number of carboxylic acid groups (broad SMARTS) is 1. The molecule has 0 aromatic heterocycles. The number of rotatable bonds is 2. The van der Waals surface area contributed by atoms with Crippen LogP contribution >= 0.6 is 15.9 Å². The summed E-state index contributed by atoms with van der Waals surface area (Å²) in [5.74, 6) is 0.212. The molecule has 1 aliphatic heterocycles. The van der Waals surface area contributed by atoms with E-state index in [2.05, 4.69) is 15.9 Å². The Morgan fingerprint density at radius 3 is 2.18 bits per heavy atom. The maximum absolute atomic E-state index is 12.0. The molecule has 118 valence electrons. The van der Waals surface area contributed by atoms with Crippen molar-refractivity contribution >= 4 is 21.9 Å². The van der Waals surface area contributed by atoms with Gasteiger partial charge in [0, 0.05) is 17.3 Å². The molecule has 1 heterocycles. The summed E-state index contributed by atoms with van der Waals surface area (Å²) in [6.45, 7) is 0. The summed E-state index contributed by atoms with van der Waals surface area (Å²) in [5, 5.41) is 9.88. The van der Waals surface area contributed by atoms with E-state index < -0.39 is 17.2 Å². The van der Waals surface area contributed by atoms with E-state index in [9.17, 15) is 9.90 Å². The Labute approximate surface area is 137 Å². The molecule has 0 atom stereocenters. The monoisotopic (exact) mass is 366 g/mol. The third-order valence-electron chi connectivity index (χ3n) is 5.37. The molecule has 1 spiro atoms. The Kier molecular flexibility index (Phi) is 3.19. The summed E-state index contributed by atoms with van der Waals surface area (Å²) in [5.41, 5.74) is 0.0311. The van der Waals surface area contributed by atoms with Gasteiger partial charge in [-0.1, -0.05) is 35.2 Å². The van der Waals surface area contributed by atoms with E-state index in [0.717, 1.165) is 54.3 Å². The lowest BCUT2D eigenvalue weighted by Crippen LogP contribution is -2.45. The zero-order valence-corrected chi connectivity index (χ0v) is 13.9. The zero-order valence-electron chi connectivity index (χ0n) is 12.4. The summed E-state index contributed by atoms with van der Waals surface area (Å²) < 4.78 is 12.8. The number of carboxylic acids is 1. The first-order valence-corrected chi connectivity index (χ1v) is 8.80. The van der Waals surface area contributed by atoms with Crippen LogP contribution in [-0.2, 0) is 10.2 Å².